The third-order valence-corrected chi connectivity index (χ3v) is 5.24. The Bertz CT molecular complexity index is 768. The fourth-order valence-corrected chi connectivity index (χ4v) is 3.32. The van der Waals surface area contributed by atoms with Gasteiger partial charge in [-0.3, -0.25) is 9.59 Å². The first-order chi connectivity index (χ1) is 13.0. The number of aliphatic hydroxyl groups is 1. The van der Waals surface area contributed by atoms with E-state index in [1.165, 1.54) is 0 Å². The highest BCUT2D eigenvalue weighted by molar-refractivity contribution is 7.87. The summed E-state index contributed by atoms with van der Waals surface area (Å²) in [6, 6.07) is -3.49. The standard InChI is InChI=1S/C14H26N6O7S/c1-3-7(2)11(16)13-18-17-12(27-13)8(4-5-10(15)22)19-28(25,26)20-9(6-21)14(23)24/h7-9,11,19-21H,3-6,16H2,1-2H3,(H2,15,22)(H,23,24)/t7?,8-,9-,11-/m0/s1. The Morgan fingerprint density at radius 3 is 2.36 bits per heavy atom. The van der Waals surface area contributed by atoms with Gasteiger partial charge < -0.3 is 26.1 Å². The normalized spacial score (nSPS) is 16.3. The van der Waals surface area contributed by atoms with E-state index < -0.39 is 46.8 Å². The van der Waals surface area contributed by atoms with Crippen LogP contribution in [0.5, 0.6) is 0 Å². The molecule has 8 N–H and O–H groups in total. The smallest absolute Gasteiger partial charge is 0.324 e. The van der Waals surface area contributed by atoms with Gasteiger partial charge in [0.25, 0.3) is 10.2 Å². The molecule has 13 nitrogen and oxygen atoms in total. The zero-order chi connectivity index (χ0) is 21.5. The zero-order valence-corrected chi connectivity index (χ0v) is 16.3. The predicted molar refractivity (Wildman–Crippen MR) is 95.6 cm³/mol. The number of carboxylic acid groups (broad SMARTS) is 1. The Morgan fingerprint density at radius 2 is 1.86 bits per heavy atom. The molecule has 0 fully saturated rings. The number of aliphatic hydroxyl groups excluding tert-OH is 1. The van der Waals surface area contributed by atoms with Gasteiger partial charge in [-0.15, -0.1) is 10.2 Å². The molecular formula is C14H26N6O7S. The molecule has 0 spiro atoms. The van der Waals surface area contributed by atoms with E-state index in [1.807, 2.05) is 13.8 Å². The number of nitrogens with two attached hydrogens (primary N) is 2. The topological polar surface area (TPSA) is 224 Å². The van der Waals surface area contributed by atoms with Crippen molar-refractivity contribution in [3.05, 3.63) is 11.8 Å². The second-order valence-electron chi connectivity index (χ2n) is 6.26. The number of nitrogens with one attached hydrogen (secondary N) is 2. The van der Waals surface area contributed by atoms with E-state index in [0.717, 1.165) is 6.42 Å². The second kappa shape index (κ2) is 10.4. The number of aromatic nitrogens is 2. The van der Waals surface area contributed by atoms with Gasteiger partial charge in [-0.25, -0.2) is 0 Å². The lowest BCUT2D eigenvalue weighted by Crippen LogP contribution is -2.49. The molecule has 28 heavy (non-hydrogen) atoms. The van der Waals surface area contributed by atoms with Gasteiger partial charge >= 0.3 is 5.97 Å². The van der Waals surface area contributed by atoms with Crippen molar-refractivity contribution in [2.45, 2.75) is 51.2 Å². The van der Waals surface area contributed by atoms with Gasteiger partial charge in [0.15, 0.2) is 0 Å². The molecule has 1 unspecified atom stereocenters. The minimum absolute atomic E-state index is 0.0246. The third kappa shape index (κ3) is 7.12. The maximum absolute atomic E-state index is 12.2. The van der Waals surface area contributed by atoms with Crippen LogP contribution < -0.4 is 20.9 Å². The van der Waals surface area contributed by atoms with E-state index in [0.29, 0.717) is 0 Å². The molecule has 1 amide bonds. The quantitative estimate of drug-likeness (QED) is 0.211. The molecular weight excluding hydrogens is 396 g/mol. The summed E-state index contributed by atoms with van der Waals surface area (Å²) in [6.45, 7) is 2.85. The number of aliphatic carboxylic acids is 1. The molecule has 1 aromatic heterocycles. The summed E-state index contributed by atoms with van der Waals surface area (Å²) in [5.41, 5.74) is 11.1. The van der Waals surface area contributed by atoms with Gasteiger partial charge in [0.2, 0.25) is 17.7 Å². The number of hydrogen-bond acceptors (Lipinski definition) is 9. The number of amides is 1. The third-order valence-electron chi connectivity index (χ3n) is 4.05. The number of rotatable bonds is 13. The molecule has 0 saturated heterocycles. The van der Waals surface area contributed by atoms with Crippen LogP contribution in [0.3, 0.4) is 0 Å². The summed E-state index contributed by atoms with van der Waals surface area (Å²) in [7, 11) is -4.42. The monoisotopic (exact) mass is 422 g/mol. The summed E-state index contributed by atoms with van der Waals surface area (Å²) >= 11 is 0. The molecule has 0 aromatic carbocycles. The largest absolute Gasteiger partial charge is 0.480 e. The van der Waals surface area contributed by atoms with Gasteiger partial charge in [-0.1, -0.05) is 20.3 Å². The first kappa shape index (κ1) is 23.9. The highest BCUT2D eigenvalue weighted by Gasteiger charge is 2.30. The number of nitrogens with zero attached hydrogens (tertiary/aromatic N) is 2. The molecule has 0 aliphatic heterocycles. The Labute approximate surface area is 162 Å². The van der Waals surface area contributed by atoms with Crippen LogP contribution in [0.1, 0.15) is 57.0 Å². The van der Waals surface area contributed by atoms with Crippen LogP contribution in [0.4, 0.5) is 0 Å². The Morgan fingerprint density at radius 1 is 1.25 bits per heavy atom. The van der Waals surface area contributed by atoms with Crippen molar-refractivity contribution in [1.29, 1.82) is 0 Å². The highest BCUT2D eigenvalue weighted by atomic mass is 32.2. The van der Waals surface area contributed by atoms with Crippen molar-refractivity contribution in [2.75, 3.05) is 6.61 Å². The highest BCUT2D eigenvalue weighted by Crippen LogP contribution is 2.24. The van der Waals surface area contributed by atoms with Crippen LogP contribution in [0.2, 0.25) is 0 Å². The lowest BCUT2D eigenvalue weighted by Gasteiger charge is -2.18. The van der Waals surface area contributed by atoms with Gasteiger partial charge in [-0.05, 0) is 12.3 Å². The SMILES string of the molecule is CCC(C)[C@H](N)c1nnc([C@H](CCC(N)=O)NS(=O)(=O)N[C@@H](CO)C(=O)O)o1. The second-order valence-corrected chi connectivity index (χ2v) is 7.74. The Kier molecular flexibility index (Phi) is 8.90. The van der Waals surface area contributed by atoms with Gasteiger partial charge in [0.1, 0.15) is 12.1 Å². The van der Waals surface area contributed by atoms with Crippen LogP contribution in [0, 0.1) is 5.92 Å². The van der Waals surface area contributed by atoms with Crippen molar-refractivity contribution in [3.8, 4) is 0 Å². The average molecular weight is 422 g/mol. The van der Waals surface area contributed by atoms with Crippen LogP contribution in [-0.4, -0.2) is 53.4 Å². The fourth-order valence-electron chi connectivity index (χ4n) is 2.11. The molecule has 14 heteroatoms. The number of carboxylic acids is 1. The Hall–Kier alpha value is -2.13. The van der Waals surface area contributed by atoms with Crippen molar-refractivity contribution in [3.63, 3.8) is 0 Å². The van der Waals surface area contributed by atoms with Crippen LogP contribution in [0.25, 0.3) is 0 Å². The zero-order valence-electron chi connectivity index (χ0n) is 15.5. The molecule has 1 heterocycles. The summed E-state index contributed by atoms with van der Waals surface area (Å²) < 4.78 is 33.8. The number of carbonyl (C=O) groups excluding carboxylic acids is 1. The average Bonchev–Trinajstić information content (AvgIpc) is 3.11. The van der Waals surface area contributed by atoms with E-state index in [1.54, 1.807) is 4.72 Å². The maximum atomic E-state index is 12.2. The molecule has 0 bridgehead atoms. The number of primary amides is 1. The summed E-state index contributed by atoms with van der Waals surface area (Å²) in [6.07, 6.45) is 0.427. The van der Waals surface area contributed by atoms with E-state index in [2.05, 4.69) is 14.9 Å². The van der Waals surface area contributed by atoms with Crippen LogP contribution >= 0.6 is 0 Å². The minimum Gasteiger partial charge on any atom is -0.480 e. The first-order valence-corrected chi connectivity index (χ1v) is 9.99. The number of carbonyl (C=O) groups is 2. The van der Waals surface area contributed by atoms with Gasteiger partial charge in [0, 0.05) is 6.42 Å². The molecule has 4 atom stereocenters. The summed E-state index contributed by atoms with van der Waals surface area (Å²) in [4.78, 5) is 22.0. The lowest BCUT2D eigenvalue weighted by molar-refractivity contribution is -0.139. The first-order valence-electron chi connectivity index (χ1n) is 8.51. The lowest BCUT2D eigenvalue weighted by atomic mass is 10.0. The Balaban J connectivity index is 3.05. The molecule has 160 valence electrons. The maximum Gasteiger partial charge on any atom is 0.324 e. The van der Waals surface area contributed by atoms with Gasteiger partial charge in [-0.2, -0.15) is 17.9 Å². The summed E-state index contributed by atoms with van der Waals surface area (Å²) in [5.74, 6) is -2.29. The van der Waals surface area contributed by atoms with E-state index >= 15 is 0 Å². The minimum atomic E-state index is -4.42. The van der Waals surface area contributed by atoms with Gasteiger partial charge in [0.05, 0.1) is 12.6 Å². The molecule has 0 saturated carbocycles. The van der Waals surface area contributed by atoms with Crippen LogP contribution in [0.15, 0.2) is 4.42 Å². The van der Waals surface area contributed by atoms with E-state index in [4.69, 9.17) is 26.1 Å². The molecule has 0 aliphatic carbocycles. The van der Waals surface area contributed by atoms with E-state index in [9.17, 15) is 18.0 Å². The van der Waals surface area contributed by atoms with Crippen molar-refractivity contribution in [2.24, 2.45) is 17.4 Å². The molecule has 1 rings (SSSR count). The summed E-state index contributed by atoms with van der Waals surface area (Å²) in [5, 5.41) is 25.5. The van der Waals surface area contributed by atoms with Crippen molar-refractivity contribution >= 4 is 22.1 Å². The van der Waals surface area contributed by atoms with Crippen LogP contribution in [-0.2, 0) is 19.8 Å². The molecule has 0 radical (unpaired) electrons. The van der Waals surface area contributed by atoms with Crippen molar-refractivity contribution < 1.29 is 32.6 Å². The van der Waals surface area contributed by atoms with Crippen molar-refractivity contribution in [1.82, 2.24) is 19.6 Å². The fraction of sp³-hybridized carbons (Fsp3) is 0.714. The van der Waals surface area contributed by atoms with E-state index in [-0.39, 0.29) is 30.5 Å². The predicted octanol–water partition coefficient (Wildman–Crippen LogP) is -1.71. The molecule has 1 aromatic rings. The number of hydrogen-bond donors (Lipinski definition) is 6. The molecule has 0 aliphatic rings.